The normalized spacial score (nSPS) is 16.6. The van der Waals surface area contributed by atoms with E-state index in [4.69, 9.17) is 4.42 Å². The lowest BCUT2D eigenvalue weighted by atomic mass is 9.68. The molecule has 2 heterocycles. The second kappa shape index (κ2) is 10.7. The Morgan fingerprint density at radius 1 is 1.17 bits per heavy atom. The van der Waals surface area contributed by atoms with Crippen molar-refractivity contribution in [2.45, 2.75) is 39.0 Å². The SMILES string of the molecule is Cc1ccccc1C(C#N)(CCCN1CCN(C(=O)c2ccco2)CC1)C(C)C.Cl. The van der Waals surface area contributed by atoms with E-state index in [0.717, 1.165) is 38.0 Å². The van der Waals surface area contributed by atoms with Crippen LogP contribution >= 0.6 is 12.4 Å². The predicted molar refractivity (Wildman–Crippen MR) is 121 cm³/mol. The fraction of sp³-hybridized carbons (Fsp3) is 0.500. The smallest absolute Gasteiger partial charge is 0.289 e. The first-order valence-electron chi connectivity index (χ1n) is 10.5. The van der Waals surface area contributed by atoms with Gasteiger partial charge in [-0.3, -0.25) is 9.69 Å². The number of carbonyl (C=O) groups is 1. The Hall–Kier alpha value is -2.29. The van der Waals surface area contributed by atoms with E-state index in [0.29, 0.717) is 18.8 Å². The zero-order chi connectivity index (χ0) is 20.9. The van der Waals surface area contributed by atoms with Gasteiger partial charge in [0.25, 0.3) is 5.91 Å². The lowest BCUT2D eigenvalue weighted by molar-refractivity contribution is 0.0602. The summed E-state index contributed by atoms with van der Waals surface area (Å²) in [5.41, 5.74) is 1.89. The average molecular weight is 430 g/mol. The molecule has 1 amide bonds. The van der Waals surface area contributed by atoms with Gasteiger partial charge in [0, 0.05) is 26.2 Å². The van der Waals surface area contributed by atoms with Gasteiger partial charge >= 0.3 is 0 Å². The molecule has 0 saturated carbocycles. The number of halogens is 1. The monoisotopic (exact) mass is 429 g/mol. The fourth-order valence-electron chi connectivity index (χ4n) is 4.37. The number of nitrogens with zero attached hydrogens (tertiary/aromatic N) is 3. The summed E-state index contributed by atoms with van der Waals surface area (Å²) in [5.74, 6) is 0.626. The number of piperazine rings is 1. The number of amides is 1. The summed E-state index contributed by atoms with van der Waals surface area (Å²) >= 11 is 0. The molecule has 0 N–H and O–H groups in total. The number of carbonyl (C=O) groups excluding carboxylic acids is 1. The van der Waals surface area contributed by atoms with E-state index in [2.05, 4.69) is 43.9 Å². The molecule has 0 aliphatic carbocycles. The van der Waals surface area contributed by atoms with Gasteiger partial charge in [-0.1, -0.05) is 38.1 Å². The highest BCUT2D eigenvalue weighted by Crippen LogP contribution is 2.38. The first-order valence-corrected chi connectivity index (χ1v) is 10.5. The number of rotatable bonds is 7. The van der Waals surface area contributed by atoms with Crippen LogP contribution in [-0.2, 0) is 5.41 Å². The summed E-state index contributed by atoms with van der Waals surface area (Å²) in [7, 11) is 0. The highest BCUT2D eigenvalue weighted by molar-refractivity contribution is 5.91. The molecule has 1 fully saturated rings. The molecule has 162 valence electrons. The van der Waals surface area contributed by atoms with Gasteiger partial charge in [0.1, 0.15) is 0 Å². The summed E-state index contributed by atoms with van der Waals surface area (Å²) in [4.78, 5) is 16.6. The average Bonchev–Trinajstić information content (AvgIpc) is 3.27. The third kappa shape index (κ3) is 5.06. The van der Waals surface area contributed by atoms with Crippen LogP contribution < -0.4 is 0 Å². The van der Waals surface area contributed by atoms with Crippen LogP contribution in [0.3, 0.4) is 0 Å². The Balaban J connectivity index is 0.00000320. The molecule has 3 rings (SSSR count). The summed E-state index contributed by atoms with van der Waals surface area (Å²) in [6.07, 6.45) is 3.35. The number of hydrogen-bond acceptors (Lipinski definition) is 4. The van der Waals surface area contributed by atoms with E-state index in [-0.39, 0.29) is 24.2 Å². The maximum atomic E-state index is 12.4. The van der Waals surface area contributed by atoms with Crippen LogP contribution in [0.15, 0.2) is 47.1 Å². The standard InChI is InChI=1S/C24H31N3O2.ClH/c1-19(2)24(18-25,21-9-5-4-8-20(21)3)11-7-12-26-13-15-27(16-14-26)23(28)22-10-6-17-29-22;/h4-6,8-10,17,19H,7,11-16H2,1-3H3;1H. The Kier molecular flexibility index (Phi) is 8.52. The van der Waals surface area contributed by atoms with Crippen molar-refractivity contribution in [3.63, 3.8) is 0 Å². The van der Waals surface area contributed by atoms with Gasteiger partial charge in [-0.25, -0.2) is 0 Å². The molecule has 1 aromatic carbocycles. The van der Waals surface area contributed by atoms with E-state index in [1.165, 1.54) is 11.8 Å². The Morgan fingerprint density at radius 3 is 2.43 bits per heavy atom. The Labute approximate surface area is 186 Å². The number of furan rings is 1. The largest absolute Gasteiger partial charge is 0.459 e. The highest BCUT2D eigenvalue weighted by Gasteiger charge is 2.36. The summed E-state index contributed by atoms with van der Waals surface area (Å²) in [6, 6.07) is 14.4. The van der Waals surface area contributed by atoms with E-state index in [9.17, 15) is 10.1 Å². The minimum Gasteiger partial charge on any atom is -0.459 e. The Morgan fingerprint density at radius 2 is 1.87 bits per heavy atom. The molecule has 0 radical (unpaired) electrons. The van der Waals surface area contributed by atoms with Gasteiger partial charge in [0.2, 0.25) is 0 Å². The van der Waals surface area contributed by atoms with Crippen LogP contribution in [0.5, 0.6) is 0 Å². The van der Waals surface area contributed by atoms with Gasteiger partial charge in [0.05, 0.1) is 17.7 Å². The van der Waals surface area contributed by atoms with Crippen molar-refractivity contribution in [2.75, 3.05) is 32.7 Å². The fourth-order valence-corrected chi connectivity index (χ4v) is 4.37. The first kappa shape index (κ1) is 24.0. The van der Waals surface area contributed by atoms with Crippen molar-refractivity contribution >= 4 is 18.3 Å². The molecule has 0 bridgehead atoms. The van der Waals surface area contributed by atoms with Gasteiger partial charge in [-0.05, 0) is 55.5 Å². The van der Waals surface area contributed by atoms with E-state index >= 15 is 0 Å². The molecule has 5 nitrogen and oxygen atoms in total. The molecule has 1 saturated heterocycles. The van der Waals surface area contributed by atoms with Crippen LogP contribution in [0, 0.1) is 24.2 Å². The zero-order valence-electron chi connectivity index (χ0n) is 18.1. The minimum atomic E-state index is -0.456. The van der Waals surface area contributed by atoms with Crippen molar-refractivity contribution in [3.8, 4) is 6.07 Å². The number of hydrogen-bond donors (Lipinski definition) is 0. The molecule has 1 unspecified atom stereocenters. The maximum absolute atomic E-state index is 12.4. The third-order valence-electron chi connectivity index (χ3n) is 6.25. The van der Waals surface area contributed by atoms with Crippen LogP contribution in [0.4, 0.5) is 0 Å². The van der Waals surface area contributed by atoms with E-state index < -0.39 is 5.41 Å². The number of benzene rings is 1. The zero-order valence-corrected chi connectivity index (χ0v) is 19.0. The molecule has 6 heteroatoms. The van der Waals surface area contributed by atoms with Crippen molar-refractivity contribution in [1.29, 1.82) is 5.26 Å². The summed E-state index contributed by atoms with van der Waals surface area (Å²) in [6.45, 7) is 10.5. The second-order valence-electron chi connectivity index (χ2n) is 8.27. The topological polar surface area (TPSA) is 60.5 Å². The third-order valence-corrected chi connectivity index (χ3v) is 6.25. The first-order chi connectivity index (χ1) is 14.0. The van der Waals surface area contributed by atoms with Crippen LogP contribution in [-0.4, -0.2) is 48.4 Å². The molecule has 30 heavy (non-hydrogen) atoms. The molecule has 1 aliphatic heterocycles. The van der Waals surface area contributed by atoms with Crippen molar-refractivity contribution in [3.05, 3.63) is 59.5 Å². The van der Waals surface area contributed by atoms with Crippen LogP contribution in [0.2, 0.25) is 0 Å². The van der Waals surface area contributed by atoms with Gasteiger partial charge in [-0.15, -0.1) is 12.4 Å². The van der Waals surface area contributed by atoms with Crippen LogP contribution in [0.25, 0.3) is 0 Å². The highest BCUT2D eigenvalue weighted by atomic mass is 35.5. The molecule has 0 spiro atoms. The van der Waals surface area contributed by atoms with E-state index in [1.807, 2.05) is 17.0 Å². The van der Waals surface area contributed by atoms with Crippen LogP contribution in [0.1, 0.15) is 48.4 Å². The van der Waals surface area contributed by atoms with Crippen molar-refractivity contribution < 1.29 is 9.21 Å². The number of nitriles is 1. The second-order valence-corrected chi connectivity index (χ2v) is 8.27. The van der Waals surface area contributed by atoms with E-state index in [1.54, 1.807) is 12.1 Å². The predicted octanol–water partition coefficient (Wildman–Crippen LogP) is 4.67. The van der Waals surface area contributed by atoms with Crippen molar-refractivity contribution in [1.82, 2.24) is 9.80 Å². The van der Waals surface area contributed by atoms with Crippen molar-refractivity contribution in [2.24, 2.45) is 5.92 Å². The molecule has 1 atom stereocenters. The molecular formula is C24H32ClN3O2. The Bertz CT molecular complexity index is 852. The molecule has 1 aliphatic rings. The molecule has 1 aromatic heterocycles. The minimum absolute atomic E-state index is 0. The summed E-state index contributed by atoms with van der Waals surface area (Å²) in [5, 5.41) is 10.1. The quantitative estimate of drug-likeness (QED) is 0.641. The van der Waals surface area contributed by atoms with Gasteiger partial charge < -0.3 is 9.32 Å². The van der Waals surface area contributed by atoms with Gasteiger partial charge in [0.15, 0.2) is 5.76 Å². The lowest BCUT2D eigenvalue weighted by Gasteiger charge is -2.36. The molecule has 2 aromatic rings. The molecular weight excluding hydrogens is 398 g/mol. The summed E-state index contributed by atoms with van der Waals surface area (Å²) < 4.78 is 5.23. The maximum Gasteiger partial charge on any atom is 0.289 e. The van der Waals surface area contributed by atoms with Gasteiger partial charge in [-0.2, -0.15) is 5.26 Å². The number of aryl methyl sites for hydroxylation is 1. The lowest BCUT2D eigenvalue weighted by Crippen LogP contribution is -2.49.